The lowest BCUT2D eigenvalue weighted by molar-refractivity contribution is 0.127. The van der Waals surface area contributed by atoms with Gasteiger partial charge < -0.3 is 5.32 Å². The molecule has 2 atom stereocenters. The molecule has 2 nitrogen and oxygen atoms in total. The minimum Gasteiger partial charge on any atom is -0.314 e. The van der Waals surface area contributed by atoms with Crippen molar-refractivity contribution in [1.82, 2.24) is 10.2 Å². The van der Waals surface area contributed by atoms with Crippen molar-refractivity contribution in [3.63, 3.8) is 0 Å². The van der Waals surface area contributed by atoms with E-state index in [-0.39, 0.29) is 6.04 Å². The van der Waals surface area contributed by atoms with Crippen LogP contribution in [-0.2, 0) is 0 Å². The molecule has 2 unspecified atom stereocenters. The largest absolute Gasteiger partial charge is 0.314 e. The summed E-state index contributed by atoms with van der Waals surface area (Å²) in [5, 5.41) is 3.47. The molecule has 118 valence electrons. The number of hydrogen-bond acceptors (Lipinski definition) is 2. The minimum absolute atomic E-state index is 0.0810. The van der Waals surface area contributed by atoms with Gasteiger partial charge in [-0.1, -0.05) is 26.0 Å². The first-order chi connectivity index (χ1) is 9.99. The Hall–Kier alpha value is -1.00. The Morgan fingerprint density at radius 1 is 1.29 bits per heavy atom. The smallest absolute Gasteiger partial charge is 0.163 e. The second-order valence-electron chi connectivity index (χ2n) is 6.39. The Bertz CT molecular complexity index is 462. The predicted octanol–water partition coefficient (Wildman–Crippen LogP) is 3.74. The number of benzene rings is 1. The van der Waals surface area contributed by atoms with Gasteiger partial charge in [0.2, 0.25) is 0 Å². The standard InChI is InChI=1S/C17H26F2N2/c1-12(2)20-10-14-6-5-9-21(11-14)13(3)15-7-4-8-16(18)17(15)19/h4,7-8,12-14,20H,5-6,9-11H2,1-3H3. The molecule has 2 rings (SSSR count). The topological polar surface area (TPSA) is 15.3 Å². The highest BCUT2D eigenvalue weighted by molar-refractivity contribution is 5.22. The Morgan fingerprint density at radius 2 is 2.05 bits per heavy atom. The molecule has 0 aliphatic carbocycles. The predicted molar refractivity (Wildman–Crippen MR) is 82.2 cm³/mol. The van der Waals surface area contributed by atoms with Crippen molar-refractivity contribution in [2.24, 2.45) is 5.92 Å². The molecule has 0 amide bonds. The molecule has 0 radical (unpaired) electrons. The second kappa shape index (κ2) is 7.32. The van der Waals surface area contributed by atoms with Crippen molar-refractivity contribution in [2.75, 3.05) is 19.6 Å². The van der Waals surface area contributed by atoms with Crippen LogP contribution in [0.25, 0.3) is 0 Å². The van der Waals surface area contributed by atoms with Gasteiger partial charge in [0.15, 0.2) is 11.6 Å². The molecular weight excluding hydrogens is 270 g/mol. The molecule has 1 N–H and O–H groups in total. The third kappa shape index (κ3) is 4.24. The molecule has 1 aromatic rings. The summed E-state index contributed by atoms with van der Waals surface area (Å²) in [6, 6.07) is 4.86. The summed E-state index contributed by atoms with van der Waals surface area (Å²) < 4.78 is 27.3. The molecule has 1 aromatic carbocycles. The molecule has 1 aliphatic rings. The summed E-state index contributed by atoms with van der Waals surface area (Å²) in [4.78, 5) is 2.27. The third-order valence-corrected chi connectivity index (χ3v) is 4.34. The van der Waals surface area contributed by atoms with E-state index in [0.29, 0.717) is 17.5 Å². The SMILES string of the molecule is CC(C)NCC1CCCN(C(C)c2cccc(F)c2F)C1. The first-order valence-electron chi connectivity index (χ1n) is 7.90. The summed E-state index contributed by atoms with van der Waals surface area (Å²) in [5.74, 6) is -0.873. The van der Waals surface area contributed by atoms with Crippen LogP contribution in [0, 0.1) is 17.6 Å². The number of nitrogens with zero attached hydrogens (tertiary/aromatic N) is 1. The summed E-state index contributed by atoms with van der Waals surface area (Å²) in [6.45, 7) is 9.14. The zero-order valence-corrected chi connectivity index (χ0v) is 13.2. The maximum absolute atomic E-state index is 13.9. The zero-order valence-electron chi connectivity index (χ0n) is 13.2. The van der Waals surface area contributed by atoms with Crippen molar-refractivity contribution in [2.45, 2.75) is 45.7 Å². The minimum atomic E-state index is -0.755. The fourth-order valence-electron chi connectivity index (χ4n) is 3.06. The van der Waals surface area contributed by atoms with Gasteiger partial charge >= 0.3 is 0 Å². The number of likely N-dealkylation sites (tertiary alicyclic amines) is 1. The Labute approximate surface area is 126 Å². The normalized spacial score (nSPS) is 21.7. The van der Waals surface area contributed by atoms with Gasteiger partial charge in [-0.15, -0.1) is 0 Å². The Morgan fingerprint density at radius 3 is 2.76 bits per heavy atom. The molecule has 4 heteroatoms. The number of piperidine rings is 1. The van der Waals surface area contributed by atoms with Crippen molar-refractivity contribution in [1.29, 1.82) is 0 Å². The highest BCUT2D eigenvalue weighted by Crippen LogP contribution is 2.28. The van der Waals surface area contributed by atoms with Crippen LogP contribution in [0.1, 0.15) is 45.2 Å². The summed E-state index contributed by atoms with van der Waals surface area (Å²) >= 11 is 0. The van der Waals surface area contributed by atoms with Gasteiger partial charge in [0.25, 0.3) is 0 Å². The van der Waals surface area contributed by atoms with Crippen LogP contribution in [0.3, 0.4) is 0 Å². The van der Waals surface area contributed by atoms with E-state index in [4.69, 9.17) is 0 Å². The van der Waals surface area contributed by atoms with Crippen LogP contribution < -0.4 is 5.32 Å². The van der Waals surface area contributed by atoms with Gasteiger partial charge in [-0.25, -0.2) is 8.78 Å². The van der Waals surface area contributed by atoms with Gasteiger partial charge in [-0.3, -0.25) is 4.90 Å². The molecule has 21 heavy (non-hydrogen) atoms. The third-order valence-electron chi connectivity index (χ3n) is 4.34. The summed E-state index contributed by atoms with van der Waals surface area (Å²) in [7, 11) is 0. The fourth-order valence-corrected chi connectivity index (χ4v) is 3.06. The molecule has 1 aliphatic heterocycles. The van der Waals surface area contributed by atoms with E-state index in [1.807, 2.05) is 6.92 Å². The maximum Gasteiger partial charge on any atom is 0.163 e. The number of hydrogen-bond donors (Lipinski definition) is 1. The van der Waals surface area contributed by atoms with E-state index in [9.17, 15) is 8.78 Å². The fraction of sp³-hybridized carbons (Fsp3) is 0.647. The average Bonchev–Trinajstić information content (AvgIpc) is 2.47. The van der Waals surface area contributed by atoms with Crippen LogP contribution in [-0.4, -0.2) is 30.6 Å². The van der Waals surface area contributed by atoms with Crippen LogP contribution >= 0.6 is 0 Å². The number of nitrogens with one attached hydrogen (secondary N) is 1. The van der Waals surface area contributed by atoms with Crippen molar-refractivity contribution >= 4 is 0 Å². The summed E-state index contributed by atoms with van der Waals surface area (Å²) in [5.41, 5.74) is 0.465. The van der Waals surface area contributed by atoms with Crippen molar-refractivity contribution in [3.8, 4) is 0 Å². The van der Waals surface area contributed by atoms with Gasteiger partial charge in [0, 0.05) is 24.2 Å². The van der Waals surface area contributed by atoms with Crippen molar-refractivity contribution < 1.29 is 8.78 Å². The van der Waals surface area contributed by atoms with Gasteiger partial charge in [-0.2, -0.15) is 0 Å². The molecule has 0 saturated carbocycles. The van der Waals surface area contributed by atoms with E-state index in [0.717, 1.165) is 26.1 Å². The lowest BCUT2D eigenvalue weighted by Crippen LogP contribution is -2.42. The van der Waals surface area contributed by atoms with Crippen LogP contribution in [0.15, 0.2) is 18.2 Å². The molecule has 0 spiro atoms. The van der Waals surface area contributed by atoms with Gasteiger partial charge in [-0.05, 0) is 44.8 Å². The molecule has 1 heterocycles. The van der Waals surface area contributed by atoms with E-state index in [1.54, 1.807) is 12.1 Å². The Balaban J connectivity index is 2.01. The number of rotatable bonds is 5. The van der Waals surface area contributed by atoms with Crippen LogP contribution in [0.4, 0.5) is 8.78 Å². The molecule has 1 fully saturated rings. The zero-order chi connectivity index (χ0) is 15.4. The Kier molecular flexibility index (Phi) is 5.71. The highest BCUT2D eigenvalue weighted by atomic mass is 19.2. The van der Waals surface area contributed by atoms with E-state index < -0.39 is 11.6 Å². The van der Waals surface area contributed by atoms with Crippen molar-refractivity contribution in [3.05, 3.63) is 35.4 Å². The highest BCUT2D eigenvalue weighted by Gasteiger charge is 2.26. The molecular formula is C17H26F2N2. The lowest BCUT2D eigenvalue weighted by atomic mass is 9.95. The monoisotopic (exact) mass is 296 g/mol. The molecule has 1 saturated heterocycles. The van der Waals surface area contributed by atoms with E-state index in [2.05, 4.69) is 24.1 Å². The maximum atomic E-state index is 13.9. The van der Waals surface area contributed by atoms with Gasteiger partial charge in [0.05, 0.1) is 0 Å². The molecule has 0 aromatic heterocycles. The van der Waals surface area contributed by atoms with Crippen LogP contribution in [0.5, 0.6) is 0 Å². The quantitative estimate of drug-likeness (QED) is 0.890. The number of halogens is 2. The molecule has 0 bridgehead atoms. The van der Waals surface area contributed by atoms with Gasteiger partial charge in [0.1, 0.15) is 0 Å². The first-order valence-corrected chi connectivity index (χ1v) is 7.90. The van der Waals surface area contributed by atoms with E-state index >= 15 is 0 Å². The van der Waals surface area contributed by atoms with E-state index in [1.165, 1.54) is 12.5 Å². The summed E-state index contributed by atoms with van der Waals surface area (Å²) in [6.07, 6.45) is 2.32. The second-order valence-corrected chi connectivity index (χ2v) is 6.39. The lowest BCUT2D eigenvalue weighted by Gasteiger charge is -2.37. The average molecular weight is 296 g/mol. The first kappa shape index (κ1) is 16.4. The van der Waals surface area contributed by atoms with Crippen LogP contribution in [0.2, 0.25) is 0 Å².